The lowest BCUT2D eigenvalue weighted by atomic mass is 9.86. The molecule has 0 spiro atoms. The third-order valence-electron chi connectivity index (χ3n) is 6.15. The summed E-state index contributed by atoms with van der Waals surface area (Å²) in [5.41, 5.74) is 3.60. The summed E-state index contributed by atoms with van der Waals surface area (Å²) in [6.45, 7) is 10.5. The highest BCUT2D eigenvalue weighted by molar-refractivity contribution is 5.77. The first-order valence-corrected chi connectivity index (χ1v) is 11.2. The van der Waals surface area contributed by atoms with E-state index in [0.29, 0.717) is 30.0 Å². The van der Waals surface area contributed by atoms with E-state index in [1.54, 1.807) is 13.2 Å². The van der Waals surface area contributed by atoms with Gasteiger partial charge in [-0.3, -0.25) is 9.69 Å². The van der Waals surface area contributed by atoms with Crippen molar-refractivity contribution in [3.8, 4) is 5.75 Å². The van der Waals surface area contributed by atoms with Crippen LogP contribution in [0.15, 0.2) is 48.5 Å². The number of benzene rings is 2. The average molecular weight is 425 g/mol. The third-order valence-corrected chi connectivity index (χ3v) is 6.15. The fourth-order valence-electron chi connectivity index (χ4n) is 4.73. The first-order valence-electron chi connectivity index (χ1n) is 11.2. The molecule has 0 aliphatic carbocycles. The number of phenols is 1. The van der Waals surface area contributed by atoms with Crippen LogP contribution < -0.4 is 0 Å². The van der Waals surface area contributed by atoms with Gasteiger partial charge in [0, 0.05) is 51.3 Å². The predicted molar refractivity (Wildman–Crippen MR) is 124 cm³/mol. The number of para-hydroxylation sites is 1. The van der Waals surface area contributed by atoms with Crippen LogP contribution in [0.4, 0.5) is 0 Å². The molecular weight excluding hydrogens is 388 g/mol. The second kappa shape index (κ2) is 10.8. The molecule has 2 aromatic rings. The van der Waals surface area contributed by atoms with Crippen LogP contribution in [-0.2, 0) is 16.1 Å². The third kappa shape index (κ3) is 6.08. The van der Waals surface area contributed by atoms with Gasteiger partial charge in [0.25, 0.3) is 0 Å². The predicted octanol–water partition coefficient (Wildman–Crippen LogP) is 4.05. The van der Waals surface area contributed by atoms with Gasteiger partial charge < -0.3 is 14.7 Å². The summed E-state index contributed by atoms with van der Waals surface area (Å²) in [7, 11) is 1.57. The van der Waals surface area contributed by atoms with Crippen molar-refractivity contribution in [3.05, 3.63) is 65.2 Å². The molecule has 0 radical (unpaired) electrons. The number of likely N-dealkylation sites (tertiary alicyclic amines) is 1. The Hall–Kier alpha value is -2.37. The molecule has 31 heavy (non-hydrogen) atoms. The minimum absolute atomic E-state index is 0.0545. The maximum Gasteiger partial charge on any atom is 0.248 e. The number of methoxy groups -OCH3 is 1. The largest absolute Gasteiger partial charge is 0.508 e. The summed E-state index contributed by atoms with van der Waals surface area (Å²) in [5.74, 6) is 1.47. The van der Waals surface area contributed by atoms with Crippen molar-refractivity contribution < 1.29 is 14.6 Å². The van der Waals surface area contributed by atoms with Gasteiger partial charge in [-0.25, -0.2) is 0 Å². The maximum atomic E-state index is 12.7. The molecule has 0 bridgehead atoms. The molecule has 0 aromatic heterocycles. The van der Waals surface area contributed by atoms with Crippen LogP contribution in [0, 0.1) is 18.8 Å². The summed E-state index contributed by atoms with van der Waals surface area (Å²) in [5, 5.41) is 10.2. The Bertz CT molecular complexity index is 867. The van der Waals surface area contributed by atoms with Gasteiger partial charge >= 0.3 is 0 Å². The van der Waals surface area contributed by atoms with E-state index in [4.69, 9.17) is 4.74 Å². The SMILES string of the molecule is COCC(=O)N(CC(C)C)CC1CN(Cc2ccccc2O)CC1c1ccccc1C. The molecule has 5 heteroatoms. The van der Waals surface area contributed by atoms with E-state index in [2.05, 4.69) is 49.9 Å². The number of hydrogen-bond acceptors (Lipinski definition) is 4. The molecule has 1 amide bonds. The van der Waals surface area contributed by atoms with Crippen molar-refractivity contribution >= 4 is 5.91 Å². The summed E-state index contributed by atoms with van der Waals surface area (Å²) in [6, 6.07) is 16.1. The lowest BCUT2D eigenvalue weighted by Gasteiger charge is -2.30. The monoisotopic (exact) mass is 424 g/mol. The van der Waals surface area contributed by atoms with E-state index in [1.165, 1.54) is 11.1 Å². The second-order valence-electron chi connectivity index (χ2n) is 9.17. The van der Waals surface area contributed by atoms with Crippen molar-refractivity contribution in [1.29, 1.82) is 0 Å². The molecule has 1 fully saturated rings. The van der Waals surface area contributed by atoms with E-state index in [-0.39, 0.29) is 12.5 Å². The van der Waals surface area contributed by atoms with E-state index < -0.39 is 0 Å². The Morgan fingerprint density at radius 1 is 1.16 bits per heavy atom. The van der Waals surface area contributed by atoms with Crippen molar-refractivity contribution in [2.45, 2.75) is 33.2 Å². The number of rotatable bonds is 9. The number of carbonyl (C=O) groups excluding carboxylic acids is 1. The zero-order valence-electron chi connectivity index (χ0n) is 19.3. The lowest BCUT2D eigenvalue weighted by molar-refractivity contribution is -0.136. The Morgan fingerprint density at radius 3 is 2.55 bits per heavy atom. The van der Waals surface area contributed by atoms with E-state index in [0.717, 1.165) is 31.7 Å². The molecule has 1 aliphatic rings. The summed E-state index contributed by atoms with van der Waals surface area (Å²) < 4.78 is 5.15. The molecule has 5 nitrogen and oxygen atoms in total. The van der Waals surface area contributed by atoms with E-state index >= 15 is 0 Å². The standard InChI is InChI=1S/C26H36N2O3/c1-19(2)13-28(26(30)18-31-4)16-22-15-27(14-21-10-6-8-12-25(21)29)17-24(22)23-11-7-5-9-20(23)3/h5-12,19,22,24,29H,13-18H2,1-4H3. The highest BCUT2D eigenvalue weighted by atomic mass is 16.5. The summed E-state index contributed by atoms with van der Waals surface area (Å²) in [4.78, 5) is 17.1. The molecule has 0 saturated carbocycles. The van der Waals surface area contributed by atoms with Gasteiger partial charge in [-0.05, 0) is 36.0 Å². The van der Waals surface area contributed by atoms with Crippen molar-refractivity contribution in [2.24, 2.45) is 11.8 Å². The Morgan fingerprint density at radius 2 is 1.87 bits per heavy atom. The Balaban J connectivity index is 1.84. The molecule has 1 aliphatic heterocycles. The zero-order valence-corrected chi connectivity index (χ0v) is 19.3. The van der Waals surface area contributed by atoms with Crippen LogP contribution in [0.25, 0.3) is 0 Å². The highest BCUT2D eigenvalue weighted by Gasteiger charge is 2.36. The van der Waals surface area contributed by atoms with Crippen molar-refractivity contribution in [1.82, 2.24) is 9.80 Å². The Kier molecular flexibility index (Phi) is 8.10. The van der Waals surface area contributed by atoms with E-state index in [9.17, 15) is 9.90 Å². The van der Waals surface area contributed by atoms with Crippen LogP contribution in [0.2, 0.25) is 0 Å². The molecular formula is C26H36N2O3. The smallest absolute Gasteiger partial charge is 0.248 e. The van der Waals surface area contributed by atoms with Crippen LogP contribution in [0.1, 0.15) is 36.5 Å². The molecule has 2 atom stereocenters. The number of aryl methyl sites for hydroxylation is 1. The van der Waals surface area contributed by atoms with E-state index in [1.807, 2.05) is 23.1 Å². The number of phenolic OH excluding ortho intramolecular Hbond substituents is 1. The van der Waals surface area contributed by atoms with Crippen LogP contribution in [-0.4, -0.2) is 60.7 Å². The van der Waals surface area contributed by atoms with Crippen molar-refractivity contribution in [3.63, 3.8) is 0 Å². The molecule has 168 valence electrons. The lowest BCUT2D eigenvalue weighted by Crippen LogP contribution is -2.41. The molecule has 1 heterocycles. The number of nitrogens with zero attached hydrogens (tertiary/aromatic N) is 2. The first kappa shape index (κ1) is 23.3. The second-order valence-corrected chi connectivity index (χ2v) is 9.17. The zero-order chi connectivity index (χ0) is 22.4. The molecule has 2 unspecified atom stereocenters. The average Bonchev–Trinajstić information content (AvgIpc) is 3.11. The van der Waals surface area contributed by atoms with Gasteiger partial charge in [0.05, 0.1) is 0 Å². The quantitative estimate of drug-likeness (QED) is 0.660. The van der Waals surface area contributed by atoms with Gasteiger partial charge in [-0.2, -0.15) is 0 Å². The van der Waals surface area contributed by atoms with Crippen LogP contribution >= 0.6 is 0 Å². The van der Waals surface area contributed by atoms with Gasteiger partial charge in [0.15, 0.2) is 0 Å². The van der Waals surface area contributed by atoms with Gasteiger partial charge in [0.2, 0.25) is 5.91 Å². The van der Waals surface area contributed by atoms with Gasteiger partial charge in [-0.1, -0.05) is 56.3 Å². The van der Waals surface area contributed by atoms with Crippen LogP contribution in [0.3, 0.4) is 0 Å². The fourth-order valence-corrected chi connectivity index (χ4v) is 4.73. The van der Waals surface area contributed by atoms with Crippen LogP contribution in [0.5, 0.6) is 5.75 Å². The highest BCUT2D eigenvalue weighted by Crippen LogP contribution is 2.36. The number of amides is 1. The summed E-state index contributed by atoms with van der Waals surface area (Å²) in [6.07, 6.45) is 0. The molecule has 1 saturated heterocycles. The maximum absolute atomic E-state index is 12.7. The number of aromatic hydroxyl groups is 1. The minimum Gasteiger partial charge on any atom is -0.508 e. The number of ether oxygens (including phenoxy) is 1. The van der Waals surface area contributed by atoms with Crippen molar-refractivity contribution in [2.75, 3.05) is 39.9 Å². The molecule has 3 rings (SSSR count). The summed E-state index contributed by atoms with van der Waals surface area (Å²) >= 11 is 0. The Labute approximate surface area is 186 Å². The normalized spacial score (nSPS) is 19.1. The first-order chi connectivity index (χ1) is 14.9. The number of hydrogen-bond donors (Lipinski definition) is 1. The molecule has 1 N–H and O–H groups in total. The number of carbonyl (C=O) groups is 1. The van der Waals surface area contributed by atoms with Gasteiger partial charge in [-0.15, -0.1) is 0 Å². The topological polar surface area (TPSA) is 53.0 Å². The fraction of sp³-hybridized carbons (Fsp3) is 0.500. The minimum atomic E-state index is 0.0545. The van der Waals surface area contributed by atoms with Gasteiger partial charge in [0.1, 0.15) is 12.4 Å². The molecule has 2 aromatic carbocycles.